The number of aromatic nitrogens is 2. The molecule has 5 unspecified atom stereocenters. The van der Waals surface area contributed by atoms with Crippen LogP contribution in [0.25, 0.3) is 0 Å². The summed E-state index contributed by atoms with van der Waals surface area (Å²) < 4.78 is 35.5. The fourth-order valence-corrected chi connectivity index (χ4v) is 3.45. The third-order valence-electron chi connectivity index (χ3n) is 4.03. The molecule has 10 nitrogen and oxygen atoms in total. The first-order valence-electron chi connectivity index (χ1n) is 8.23. The fourth-order valence-electron chi connectivity index (χ4n) is 2.60. The van der Waals surface area contributed by atoms with Crippen LogP contribution in [0.3, 0.4) is 0 Å². The van der Waals surface area contributed by atoms with Crippen molar-refractivity contribution in [3.63, 3.8) is 0 Å². The molecule has 150 valence electrons. The van der Waals surface area contributed by atoms with Crippen LogP contribution in [0.15, 0.2) is 21.9 Å². The first-order chi connectivity index (χ1) is 12.7. The molecule has 0 bridgehead atoms. The van der Waals surface area contributed by atoms with Gasteiger partial charge in [0.25, 0.3) is 5.56 Å². The molecule has 11 heteroatoms. The zero-order chi connectivity index (χ0) is 20.2. The van der Waals surface area contributed by atoms with Gasteiger partial charge in [-0.15, -0.1) is 6.42 Å². The number of methoxy groups -OCH3 is 1. The topological polar surface area (TPSA) is 129 Å². The van der Waals surface area contributed by atoms with Crippen molar-refractivity contribution in [3.8, 4) is 12.3 Å². The Labute approximate surface area is 155 Å². The van der Waals surface area contributed by atoms with Crippen LogP contribution in [0.1, 0.15) is 20.1 Å². The lowest BCUT2D eigenvalue weighted by Crippen LogP contribution is -2.40. The van der Waals surface area contributed by atoms with Gasteiger partial charge in [-0.1, -0.05) is 19.8 Å². The average molecular weight is 402 g/mol. The van der Waals surface area contributed by atoms with E-state index < -0.39 is 49.0 Å². The number of ether oxygens (including phenoxy) is 3. The van der Waals surface area contributed by atoms with Crippen LogP contribution < -0.4 is 11.2 Å². The van der Waals surface area contributed by atoms with E-state index in [4.69, 9.17) is 25.2 Å². The highest BCUT2D eigenvalue weighted by molar-refractivity contribution is 7.53. The zero-order valence-electron chi connectivity index (χ0n) is 15.2. The summed E-state index contributed by atoms with van der Waals surface area (Å²) in [5, 5.41) is 0. The number of hydrogen-bond donors (Lipinski definition) is 2. The maximum Gasteiger partial charge on any atom is 0.331 e. The number of nitrogens with one attached hydrogen (secondary N) is 1. The van der Waals surface area contributed by atoms with Gasteiger partial charge in [0.1, 0.15) is 24.9 Å². The van der Waals surface area contributed by atoms with Crippen LogP contribution in [-0.4, -0.2) is 58.7 Å². The maximum absolute atomic E-state index is 12.4. The third-order valence-corrected chi connectivity index (χ3v) is 5.88. The zero-order valence-corrected chi connectivity index (χ0v) is 16.1. The van der Waals surface area contributed by atoms with Crippen molar-refractivity contribution >= 4 is 7.60 Å². The number of nitrogens with zero attached hydrogens (tertiary/aromatic N) is 1. The molecule has 0 aliphatic carbocycles. The van der Waals surface area contributed by atoms with Crippen molar-refractivity contribution in [2.75, 3.05) is 20.3 Å². The maximum atomic E-state index is 12.4. The van der Waals surface area contributed by atoms with Crippen molar-refractivity contribution in [2.45, 2.75) is 44.0 Å². The monoisotopic (exact) mass is 402 g/mol. The van der Waals surface area contributed by atoms with E-state index in [1.54, 1.807) is 13.8 Å². The first kappa shape index (κ1) is 21.6. The molecule has 2 rings (SSSR count). The van der Waals surface area contributed by atoms with Gasteiger partial charge in [-0.3, -0.25) is 23.4 Å². The second-order valence-corrected chi connectivity index (χ2v) is 8.62. The Balaban J connectivity index is 2.44. The molecule has 0 amide bonds. The largest absolute Gasteiger partial charge is 0.382 e. The SMILES string of the molecule is C#CCOC1C(OP(=O)(O)C(C)C)C(COC)OC1n1ccc(=O)[nH]c1=O. The van der Waals surface area contributed by atoms with E-state index in [0.29, 0.717) is 0 Å². The Morgan fingerprint density at radius 2 is 2.15 bits per heavy atom. The minimum Gasteiger partial charge on any atom is -0.382 e. The molecule has 27 heavy (non-hydrogen) atoms. The van der Waals surface area contributed by atoms with Gasteiger partial charge in [-0.05, 0) is 0 Å². The molecular formula is C16H23N2O8P. The van der Waals surface area contributed by atoms with Gasteiger partial charge < -0.3 is 19.1 Å². The average Bonchev–Trinajstić information content (AvgIpc) is 2.90. The summed E-state index contributed by atoms with van der Waals surface area (Å²) in [6.07, 6.45) is 2.64. The normalized spacial score (nSPS) is 27.4. The van der Waals surface area contributed by atoms with E-state index in [-0.39, 0.29) is 13.2 Å². The molecule has 2 heterocycles. The Bertz CT molecular complexity index is 842. The number of aromatic amines is 1. The fraction of sp³-hybridized carbons (Fsp3) is 0.625. The van der Waals surface area contributed by atoms with Gasteiger partial charge in [0.15, 0.2) is 6.23 Å². The molecule has 5 atom stereocenters. The van der Waals surface area contributed by atoms with Crippen LogP contribution in [0, 0.1) is 12.3 Å². The quantitative estimate of drug-likeness (QED) is 0.462. The van der Waals surface area contributed by atoms with Gasteiger partial charge in [0.05, 0.1) is 12.3 Å². The molecule has 1 aliphatic rings. The summed E-state index contributed by atoms with van der Waals surface area (Å²) in [5.74, 6) is 2.30. The van der Waals surface area contributed by atoms with Gasteiger partial charge in [0.2, 0.25) is 0 Å². The molecule has 2 N–H and O–H groups in total. The number of hydrogen-bond acceptors (Lipinski definition) is 7. The first-order valence-corrected chi connectivity index (χ1v) is 9.87. The molecule has 0 aromatic carbocycles. The summed E-state index contributed by atoms with van der Waals surface area (Å²) in [6.45, 7) is 2.97. The Morgan fingerprint density at radius 3 is 2.70 bits per heavy atom. The Hall–Kier alpha value is -1.73. The van der Waals surface area contributed by atoms with Crippen LogP contribution in [0.5, 0.6) is 0 Å². The minimum atomic E-state index is -3.99. The molecule has 1 saturated heterocycles. The number of H-pyrrole nitrogens is 1. The predicted octanol–water partition coefficient (Wildman–Crippen LogP) is 0.0778. The van der Waals surface area contributed by atoms with Crippen LogP contribution in [0.2, 0.25) is 0 Å². The molecule has 1 aromatic rings. The molecule has 1 fully saturated rings. The van der Waals surface area contributed by atoms with E-state index in [1.807, 2.05) is 0 Å². The standard InChI is InChI=1S/C16H23N2O8P/c1-5-8-24-14-13(26-27(21,22)10(2)3)11(9-23-4)25-15(14)18-7-6-12(19)17-16(18)20/h1,6-7,10-11,13-15H,8-9H2,2-4H3,(H,21,22)(H,17,19,20). The third kappa shape index (κ3) is 4.96. The lowest BCUT2D eigenvalue weighted by Gasteiger charge is -2.27. The molecule has 0 spiro atoms. The van der Waals surface area contributed by atoms with E-state index in [0.717, 1.165) is 10.6 Å². The van der Waals surface area contributed by atoms with E-state index >= 15 is 0 Å². The van der Waals surface area contributed by atoms with Crippen LogP contribution in [0.4, 0.5) is 0 Å². The highest BCUT2D eigenvalue weighted by atomic mass is 31.2. The second kappa shape index (κ2) is 8.97. The lowest BCUT2D eigenvalue weighted by atomic mass is 10.1. The highest BCUT2D eigenvalue weighted by Gasteiger charge is 2.50. The van der Waals surface area contributed by atoms with Gasteiger partial charge in [0, 0.05) is 19.4 Å². The van der Waals surface area contributed by atoms with E-state index in [2.05, 4.69) is 10.9 Å². The summed E-state index contributed by atoms with van der Waals surface area (Å²) in [6, 6.07) is 1.15. The van der Waals surface area contributed by atoms with Gasteiger partial charge >= 0.3 is 13.3 Å². The summed E-state index contributed by atoms with van der Waals surface area (Å²) in [5.41, 5.74) is -1.96. The number of rotatable bonds is 8. The minimum absolute atomic E-state index is 0.0211. The number of terminal acetylenes is 1. The van der Waals surface area contributed by atoms with Crippen molar-refractivity contribution in [1.29, 1.82) is 0 Å². The predicted molar refractivity (Wildman–Crippen MR) is 95.5 cm³/mol. The van der Waals surface area contributed by atoms with Crippen LogP contribution >= 0.6 is 7.60 Å². The molecule has 0 radical (unpaired) electrons. The lowest BCUT2D eigenvalue weighted by molar-refractivity contribution is -0.0710. The Morgan fingerprint density at radius 1 is 1.44 bits per heavy atom. The van der Waals surface area contributed by atoms with Gasteiger partial charge in [-0.2, -0.15) is 0 Å². The molecule has 1 aromatic heterocycles. The van der Waals surface area contributed by atoms with Crippen molar-refractivity contribution in [1.82, 2.24) is 9.55 Å². The summed E-state index contributed by atoms with van der Waals surface area (Å²) in [4.78, 5) is 35.8. The molecule has 0 saturated carbocycles. The molecule has 1 aliphatic heterocycles. The summed E-state index contributed by atoms with van der Waals surface area (Å²) >= 11 is 0. The highest BCUT2D eigenvalue weighted by Crippen LogP contribution is 2.51. The smallest absolute Gasteiger partial charge is 0.331 e. The Kier molecular flexibility index (Phi) is 7.17. The summed E-state index contributed by atoms with van der Waals surface area (Å²) in [7, 11) is -2.57. The van der Waals surface area contributed by atoms with Crippen LogP contribution in [-0.2, 0) is 23.3 Å². The molecular weight excluding hydrogens is 379 g/mol. The second-order valence-electron chi connectivity index (χ2n) is 6.25. The van der Waals surface area contributed by atoms with Crippen molar-refractivity contribution < 1.29 is 28.2 Å². The van der Waals surface area contributed by atoms with E-state index in [9.17, 15) is 19.0 Å². The van der Waals surface area contributed by atoms with Crippen molar-refractivity contribution in [2.24, 2.45) is 0 Å². The van der Waals surface area contributed by atoms with Crippen molar-refractivity contribution in [3.05, 3.63) is 33.1 Å². The van der Waals surface area contributed by atoms with Gasteiger partial charge in [-0.25, -0.2) is 4.79 Å². The van der Waals surface area contributed by atoms with E-state index in [1.165, 1.54) is 13.3 Å².